The molecule has 0 fully saturated rings. The molecule has 134 valence electrons. The fourth-order valence-electron chi connectivity index (χ4n) is 1.85. The van der Waals surface area contributed by atoms with E-state index >= 15 is 0 Å². The topological polar surface area (TPSA) is 75.3 Å². The van der Waals surface area contributed by atoms with Crippen molar-refractivity contribution in [3.8, 4) is 0 Å². The number of anilines is 1. The molecular formula is C15H12ClF3N2O3S. The third-order valence-corrected chi connectivity index (χ3v) is 4.55. The van der Waals surface area contributed by atoms with Gasteiger partial charge in [0.05, 0.1) is 10.6 Å². The van der Waals surface area contributed by atoms with E-state index in [4.69, 9.17) is 11.6 Å². The van der Waals surface area contributed by atoms with Gasteiger partial charge in [0.15, 0.2) is 0 Å². The molecular weight excluding hydrogens is 381 g/mol. The monoisotopic (exact) mass is 392 g/mol. The van der Waals surface area contributed by atoms with Gasteiger partial charge in [-0.15, -0.1) is 0 Å². The van der Waals surface area contributed by atoms with Gasteiger partial charge in [0, 0.05) is 10.6 Å². The Balaban J connectivity index is 2.20. The van der Waals surface area contributed by atoms with Crippen LogP contribution in [0.15, 0.2) is 53.4 Å². The minimum Gasteiger partial charge on any atom is -0.343 e. The fourth-order valence-corrected chi connectivity index (χ4v) is 3.14. The van der Waals surface area contributed by atoms with Gasteiger partial charge >= 0.3 is 6.18 Å². The molecule has 0 spiro atoms. The normalized spacial score (nSPS) is 11.8. The van der Waals surface area contributed by atoms with Crippen molar-refractivity contribution < 1.29 is 26.4 Å². The fraction of sp³-hybridized carbons (Fsp3) is 0.133. The number of nitrogens with one attached hydrogen (secondary N) is 2. The molecule has 10 heteroatoms. The van der Waals surface area contributed by atoms with Crippen molar-refractivity contribution in [2.75, 3.05) is 11.3 Å². The van der Waals surface area contributed by atoms with E-state index in [-0.39, 0.29) is 16.1 Å². The van der Waals surface area contributed by atoms with Crippen LogP contribution in [0.4, 0.5) is 18.9 Å². The molecule has 0 aliphatic heterocycles. The average Bonchev–Trinajstić information content (AvgIpc) is 2.51. The van der Waals surface area contributed by atoms with Gasteiger partial charge in [-0.1, -0.05) is 23.7 Å². The van der Waals surface area contributed by atoms with Gasteiger partial charge in [-0.25, -0.2) is 8.42 Å². The van der Waals surface area contributed by atoms with Gasteiger partial charge in [0.1, 0.15) is 6.54 Å². The summed E-state index contributed by atoms with van der Waals surface area (Å²) < 4.78 is 63.4. The van der Waals surface area contributed by atoms with E-state index in [1.165, 1.54) is 30.3 Å². The molecule has 2 rings (SSSR count). The first kappa shape index (κ1) is 19.1. The number of halogens is 4. The van der Waals surface area contributed by atoms with Crippen LogP contribution in [0.3, 0.4) is 0 Å². The number of benzene rings is 2. The summed E-state index contributed by atoms with van der Waals surface area (Å²) in [7, 11) is -4.04. The van der Waals surface area contributed by atoms with E-state index in [2.05, 4.69) is 4.72 Å². The van der Waals surface area contributed by atoms with E-state index in [0.29, 0.717) is 5.02 Å². The molecule has 0 radical (unpaired) electrons. The summed E-state index contributed by atoms with van der Waals surface area (Å²) >= 11 is 5.78. The Bertz CT molecular complexity index is 886. The highest BCUT2D eigenvalue weighted by molar-refractivity contribution is 7.92. The zero-order chi connectivity index (χ0) is 18.7. The highest BCUT2D eigenvalue weighted by Gasteiger charge is 2.28. The molecule has 2 aromatic rings. The standard InChI is InChI=1S/C15H12ClF3N2O3S/c16-11-4-2-5-12(8-11)21-25(23,24)13-6-1-3-10(7-13)14(22)20-9-15(17,18)19/h1-8,21H,9H2,(H,20,22). The quantitative estimate of drug-likeness (QED) is 0.818. The Morgan fingerprint density at radius 2 is 1.76 bits per heavy atom. The second-order valence-corrected chi connectivity index (χ2v) is 7.06. The molecule has 0 unspecified atom stereocenters. The SMILES string of the molecule is O=C(NCC(F)(F)F)c1cccc(S(=O)(=O)Nc2cccc(Cl)c2)c1. The van der Waals surface area contributed by atoms with Crippen molar-refractivity contribution in [2.24, 2.45) is 0 Å². The Labute approximate surface area is 146 Å². The molecule has 0 saturated carbocycles. The van der Waals surface area contributed by atoms with Crippen molar-refractivity contribution >= 4 is 33.2 Å². The first-order valence-corrected chi connectivity index (χ1v) is 8.66. The Kier molecular flexibility index (Phi) is 5.58. The molecule has 2 N–H and O–H groups in total. The number of hydrogen-bond acceptors (Lipinski definition) is 3. The van der Waals surface area contributed by atoms with Crippen LogP contribution in [0, 0.1) is 0 Å². The number of rotatable bonds is 5. The van der Waals surface area contributed by atoms with Gasteiger partial charge in [0.25, 0.3) is 15.9 Å². The van der Waals surface area contributed by atoms with Gasteiger partial charge in [-0.3, -0.25) is 9.52 Å². The first-order chi connectivity index (χ1) is 11.6. The summed E-state index contributed by atoms with van der Waals surface area (Å²) in [6, 6.07) is 10.6. The van der Waals surface area contributed by atoms with E-state index in [1.54, 1.807) is 17.4 Å². The minimum absolute atomic E-state index is 0.208. The zero-order valence-electron chi connectivity index (χ0n) is 12.5. The first-order valence-electron chi connectivity index (χ1n) is 6.80. The van der Waals surface area contributed by atoms with Crippen LogP contribution in [0.5, 0.6) is 0 Å². The lowest BCUT2D eigenvalue weighted by atomic mass is 10.2. The summed E-state index contributed by atoms with van der Waals surface area (Å²) in [5.74, 6) is -1.03. The van der Waals surface area contributed by atoms with Crippen LogP contribution < -0.4 is 10.0 Å². The third-order valence-electron chi connectivity index (χ3n) is 2.93. The van der Waals surface area contributed by atoms with Crippen LogP contribution in [0.2, 0.25) is 5.02 Å². The van der Waals surface area contributed by atoms with Gasteiger partial charge in [0.2, 0.25) is 0 Å². The number of carbonyl (C=O) groups excluding carboxylic acids is 1. The molecule has 2 aromatic carbocycles. The highest BCUT2D eigenvalue weighted by atomic mass is 35.5. The summed E-state index contributed by atoms with van der Waals surface area (Å²) in [6.07, 6.45) is -4.56. The number of alkyl halides is 3. The van der Waals surface area contributed by atoms with Crippen molar-refractivity contribution in [2.45, 2.75) is 11.1 Å². The molecule has 25 heavy (non-hydrogen) atoms. The van der Waals surface area contributed by atoms with Gasteiger partial charge < -0.3 is 5.32 Å². The Morgan fingerprint density at radius 1 is 1.08 bits per heavy atom. The molecule has 0 aliphatic carbocycles. The molecule has 0 bridgehead atoms. The van der Waals surface area contributed by atoms with E-state index in [9.17, 15) is 26.4 Å². The summed E-state index contributed by atoms with van der Waals surface area (Å²) in [4.78, 5) is 11.5. The van der Waals surface area contributed by atoms with Gasteiger partial charge in [-0.2, -0.15) is 13.2 Å². The van der Waals surface area contributed by atoms with Crippen molar-refractivity contribution in [3.63, 3.8) is 0 Å². The van der Waals surface area contributed by atoms with Crippen molar-refractivity contribution in [3.05, 3.63) is 59.1 Å². The van der Waals surface area contributed by atoms with E-state index in [1.807, 2.05) is 0 Å². The predicted octanol–water partition coefficient (Wildman–Crippen LogP) is 3.43. The maximum atomic E-state index is 12.3. The lowest BCUT2D eigenvalue weighted by molar-refractivity contribution is -0.123. The van der Waals surface area contributed by atoms with Crippen LogP contribution in [-0.2, 0) is 10.0 Å². The molecule has 1 amide bonds. The maximum absolute atomic E-state index is 12.3. The number of sulfonamides is 1. The number of amides is 1. The lowest BCUT2D eigenvalue weighted by Gasteiger charge is -2.11. The zero-order valence-corrected chi connectivity index (χ0v) is 14.0. The predicted molar refractivity (Wildman–Crippen MR) is 87.1 cm³/mol. The molecule has 5 nitrogen and oxygen atoms in total. The molecule has 0 aromatic heterocycles. The van der Waals surface area contributed by atoms with Crippen molar-refractivity contribution in [1.82, 2.24) is 5.32 Å². The summed E-state index contributed by atoms with van der Waals surface area (Å²) in [5, 5.41) is 2.00. The molecule has 0 aliphatic rings. The number of carbonyl (C=O) groups is 1. The third kappa shape index (κ3) is 5.64. The van der Waals surface area contributed by atoms with Crippen molar-refractivity contribution in [1.29, 1.82) is 0 Å². The minimum atomic E-state index is -4.56. The van der Waals surface area contributed by atoms with Crippen LogP contribution in [-0.4, -0.2) is 27.0 Å². The average molecular weight is 393 g/mol. The van der Waals surface area contributed by atoms with Gasteiger partial charge in [-0.05, 0) is 36.4 Å². The highest BCUT2D eigenvalue weighted by Crippen LogP contribution is 2.20. The summed E-state index contributed by atoms with van der Waals surface area (Å²) in [5.41, 5.74) is -0.00218. The van der Waals surface area contributed by atoms with Crippen LogP contribution in [0.1, 0.15) is 10.4 Å². The molecule has 0 saturated heterocycles. The molecule has 0 atom stereocenters. The van der Waals surface area contributed by atoms with E-state index in [0.717, 1.165) is 6.07 Å². The maximum Gasteiger partial charge on any atom is 0.405 e. The second-order valence-electron chi connectivity index (χ2n) is 4.94. The van der Waals surface area contributed by atoms with Crippen LogP contribution in [0.25, 0.3) is 0 Å². The number of hydrogen-bond donors (Lipinski definition) is 2. The van der Waals surface area contributed by atoms with E-state index < -0.39 is 28.7 Å². The lowest BCUT2D eigenvalue weighted by Crippen LogP contribution is -2.33. The largest absolute Gasteiger partial charge is 0.405 e. The Hall–Kier alpha value is -2.26. The smallest absolute Gasteiger partial charge is 0.343 e. The molecule has 0 heterocycles. The Morgan fingerprint density at radius 3 is 2.40 bits per heavy atom. The van der Waals surface area contributed by atoms with Crippen LogP contribution >= 0.6 is 11.6 Å². The summed E-state index contributed by atoms with van der Waals surface area (Å²) in [6.45, 7) is -1.51. The second kappa shape index (κ2) is 7.32.